The van der Waals surface area contributed by atoms with Gasteiger partial charge in [-0.1, -0.05) is 44.5 Å². The second-order valence-electron chi connectivity index (χ2n) is 13.6. The summed E-state index contributed by atoms with van der Waals surface area (Å²) in [5.41, 5.74) is -0.0515. The average molecular weight is 506 g/mol. The molecule has 0 aromatic rings. The van der Waals surface area contributed by atoms with Gasteiger partial charge in [-0.25, -0.2) is 0 Å². The van der Waals surface area contributed by atoms with Crippen molar-refractivity contribution in [1.82, 2.24) is 5.32 Å². The third-order valence-corrected chi connectivity index (χ3v) is 11.2. The Morgan fingerprint density at radius 1 is 1.11 bits per heavy atom. The molecular weight excluding hydrogens is 466 g/mol. The first-order valence-electron chi connectivity index (χ1n) is 13.7. The van der Waals surface area contributed by atoms with Crippen molar-refractivity contribution in [3.05, 3.63) is 23.3 Å². The summed E-state index contributed by atoms with van der Waals surface area (Å²) in [4.78, 5) is 40.4. The Morgan fingerprint density at radius 3 is 2.51 bits per heavy atom. The highest BCUT2D eigenvalue weighted by molar-refractivity contribution is 6.02. The average Bonchev–Trinajstić information content (AvgIpc) is 2.84. The van der Waals surface area contributed by atoms with Crippen LogP contribution in [0.1, 0.15) is 86.0 Å². The number of allylic oxidation sites excluding steroid dienone is 4. The van der Waals surface area contributed by atoms with E-state index < -0.39 is 10.8 Å². The molecule has 5 rings (SSSR count). The molecule has 7 unspecified atom stereocenters. The van der Waals surface area contributed by atoms with Gasteiger partial charge in [-0.3, -0.25) is 14.4 Å². The number of amides is 1. The third-order valence-electron chi connectivity index (χ3n) is 11.2. The van der Waals surface area contributed by atoms with Gasteiger partial charge in [0.25, 0.3) is 0 Å². The molecule has 0 aromatic carbocycles. The van der Waals surface area contributed by atoms with E-state index in [1.54, 1.807) is 6.92 Å². The summed E-state index contributed by atoms with van der Waals surface area (Å²) in [5, 5.41) is 24.8. The number of ketones is 2. The van der Waals surface area contributed by atoms with Crippen molar-refractivity contribution < 1.29 is 19.6 Å². The van der Waals surface area contributed by atoms with E-state index in [0.717, 1.165) is 44.1 Å². The molecule has 0 bridgehead atoms. The molecule has 5 aliphatic rings. The van der Waals surface area contributed by atoms with Crippen molar-refractivity contribution in [2.75, 3.05) is 0 Å². The molecule has 0 saturated heterocycles. The number of carbonyl (C=O) groups excluding carboxylic acids is 3. The second kappa shape index (κ2) is 8.38. The zero-order valence-electron chi connectivity index (χ0n) is 22.7. The zero-order valence-corrected chi connectivity index (χ0v) is 22.7. The molecule has 0 radical (unpaired) electrons. The number of hydrogen-bond donors (Lipinski definition) is 2. The molecule has 7 nitrogen and oxygen atoms in total. The zero-order chi connectivity index (χ0) is 27.0. The highest BCUT2D eigenvalue weighted by Gasteiger charge is 2.65. The molecule has 0 aliphatic heterocycles. The first-order chi connectivity index (χ1) is 17.3. The number of hydrogen-bond acceptors (Lipinski definition) is 6. The van der Waals surface area contributed by atoms with E-state index in [-0.39, 0.29) is 63.4 Å². The van der Waals surface area contributed by atoms with Gasteiger partial charge in [0.1, 0.15) is 11.9 Å². The Labute approximate surface area is 219 Å². The predicted molar refractivity (Wildman–Crippen MR) is 138 cm³/mol. The summed E-state index contributed by atoms with van der Waals surface area (Å²) in [6.45, 7) is 10.4. The van der Waals surface area contributed by atoms with Crippen LogP contribution in [0.5, 0.6) is 0 Å². The van der Waals surface area contributed by atoms with Gasteiger partial charge >= 0.3 is 0 Å². The molecule has 0 spiro atoms. The van der Waals surface area contributed by atoms with Crippen LogP contribution >= 0.6 is 0 Å². The lowest BCUT2D eigenvalue weighted by molar-refractivity contribution is -0.159. The second-order valence-corrected chi connectivity index (χ2v) is 13.6. The Balaban J connectivity index is 1.61. The minimum Gasteiger partial charge on any atom is -0.409 e. The van der Waals surface area contributed by atoms with Gasteiger partial charge in [0, 0.05) is 17.8 Å². The van der Waals surface area contributed by atoms with E-state index in [1.165, 1.54) is 0 Å². The monoisotopic (exact) mass is 505 g/mol. The van der Waals surface area contributed by atoms with Crippen molar-refractivity contribution in [3.63, 3.8) is 0 Å². The maximum absolute atomic E-state index is 14.1. The van der Waals surface area contributed by atoms with Crippen LogP contribution < -0.4 is 5.32 Å². The van der Waals surface area contributed by atoms with Crippen LogP contribution in [0.25, 0.3) is 0 Å². The van der Waals surface area contributed by atoms with Gasteiger partial charge in [0.05, 0.1) is 11.0 Å². The number of nitrogens with one attached hydrogen (secondary N) is 1. The van der Waals surface area contributed by atoms with E-state index in [2.05, 4.69) is 44.2 Å². The van der Waals surface area contributed by atoms with Gasteiger partial charge in [0.2, 0.25) is 5.91 Å². The molecular formula is C30H39N3O4. The molecule has 5 aliphatic carbocycles. The lowest BCUT2D eigenvalue weighted by Gasteiger charge is -2.63. The molecule has 0 aromatic heterocycles. The molecule has 3 fully saturated rings. The third kappa shape index (κ3) is 3.66. The Hall–Kier alpha value is -2.75. The minimum atomic E-state index is -0.660. The number of nitriles is 1. The fourth-order valence-electron chi connectivity index (χ4n) is 9.12. The highest BCUT2D eigenvalue weighted by atomic mass is 16.4. The Morgan fingerprint density at radius 2 is 1.84 bits per heavy atom. The fourth-order valence-corrected chi connectivity index (χ4v) is 9.12. The fraction of sp³-hybridized carbons (Fsp3) is 0.700. The molecule has 198 valence electrons. The number of fused-ring (bicyclic) bond motifs is 7. The normalized spacial score (nSPS) is 42.6. The van der Waals surface area contributed by atoms with Crippen molar-refractivity contribution in [2.45, 2.75) is 86.0 Å². The summed E-state index contributed by atoms with van der Waals surface area (Å²) in [7, 11) is 0. The van der Waals surface area contributed by atoms with E-state index in [1.807, 2.05) is 12.2 Å². The molecule has 37 heavy (non-hydrogen) atoms. The van der Waals surface area contributed by atoms with Crippen molar-refractivity contribution >= 4 is 23.3 Å². The summed E-state index contributed by atoms with van der Waals surface area (Å²) in [6.07, 6.45) is 9.75. The van der Waals surface area contributed by atoms with E-state index in [9.17, 15) is 24.9 Å². The van der Waals surface area contributed by atoms with Crippen LogP contribution in [0.15, 0.2) is 28.5 Å². The lowest BCUT2D eigenvalue weighted by Crippen LogP contribution is -2.62. The van der Waals surface area contributed by atoms with Crippen molar-refractivity contribution in [2.24, 2.45) is 50.5 Å². The summed E-state index contributed by atoms with van der Waals surface area (Å²) in [6, 6.07) is 2.10. The smallest absolute Gasteiger partial charge is 0.231 e. The van der Waals surface area contributed by atoms with Crippen LogP contribution in [0.3, 0.4) is 0 Å². The minimum absolute atomic E-state index is 0.0272. The van der Waals surface area contributed by atoms with Crippen LogP contribution in [-0.2, 0) is 14.4 Å². The van der Waals surface area contributed by atoms with Gasteiger partial charge in [-0.15, -0.1) is 0 Å². The molecule has 0 heterocycles. The van der Waals surface area contributed by atoms with E-state index in [0.29, 0.717) is 12.8 Å². The van der Waals surface area contributed by atoms with Crippen molar-refractivity contribution in [3.8, 4) is 6.07 Å². The van der Waals surface area contributed by atoms with Gasteiger partial charge in [0.15, 0.2) is 11.6 Å². The standard InChI is InChI=1S/C30H39N3O4/c1-17(33-37)32-26(36)30-9-7-20-25(21(30)15-27(2,3)10-11-30)23(35)13-24-28(20,4)8-6-19-12-22(34)18(16-31)14-29(19,24)5/h13-14,19-21,25,37H,6-12,15H2,1-5H3,(H,32,33,36). The summed E-state index contributed by atoms with van der Waals surface area (Å²) in [5.74, 6) is -0.0735. The van der Waals surface area contributed by atoms with Crippen LogP contribution in [0.4, 0.5) is 0 Å². The number of rotatable bonds is 1. The molecule has 7 atom stereocenters. The van der Waals surface area contributed by atoms with Crippen molar-refractivity contribution in [1.29, 1.82) is 5.26 Å². The van der Waals surface area contributed by atoms with Crippen LogP contribution in [0.2, 0.25) is 0 Å². The topological polar surface area (TPSA) is 120 Å². The summed E-state index contributed by atoms with van der Waals surface area (Å²) >= 11 is 0. The maximum Gasteiger partial charge on any atom is 0.231 e. The van der Waals surface area contributed by atoms with Crippen LogP contribution in [0, 0.1) is 56.7 Å². The highest BCUT2D eigenvalue weighted by Crippen LogP contribution is 2.69. The SMILES string of the molecule is C/C(=N\O)NC(=O)C12CCC3C(C(=O)C=C4C5(C)C=C(C#N)C(=O)CC5CCC43C)C1CC(C)(C)CC2. The number of oxime groups is 1. The number of carbonyl (C=O) groups is 3. The lowest BCUT2D eigenvalue weighted by atomic mass is 9.40. The molecule has 3 saturated carbocycles. The Kier molecular flexibility index (Phi) is 5.86. The molecule has 7 heteroatoms. The first kappa shape index (κ1) is 25.9. The number of nitrogens with zero attached hydrogens (tertiary/aromatic N) is 2. The summed E-state index contributed by atoms with van der Waals surface area (Å²) < 4.78 is 0. The molecule has 1 amide bonds. The van der Waals surface area contributed by atoms with Gasteiger partial charge in [-0.2, -0.15) is 5.26 Å². The quantitative estimate of drug-likeness (QED) is 0.222. The van der Waals surface area contributed by atoms with E-state index >= 15 is 0 Å². The van der Waals surface area contributed by atoms with E-state index in [4.69, 9.17) is 0 Å². The largest absolute Gasteiger partial charge is 0.409 e. The van der Waals surface area contributed by atoms with Crippen LogP contribution in [-0.4, -0.2) is 28.5 Å². The number of Topliss-reactive ketones (excluding diaryl/α,β-unsaturated/α-hetero) is 1. The maximum atomic E-state index is 14.1. The Bertz CT molecular complexity index is 1210. The number of amidine groups is 1. The van der Waals surface area contributed by atoms with Gasteiger partial charge < -0.3 is 10.5 Å². The predicted octanol–water partition coefficient (Wildman–Crippen LogP) is 5.10. The molecule has 2 N–H and O–H groups in total. The van der Waals surface area contributed by atoms with Gasteiger partial charge in [-0.05, 0) is 86.5 Å². The first-order valence-corrected chi connectivity index (χ1v) is 13.7.